The van der Waals surface area contributed by atoms with Crippen LogP contribution in [-0.2, 0) is 4.79 Å². The molecule has 0 spiro atoms. The van der Waals surface area contributed by atoms with Gasteiger partial charge in [0.15, 0.2) is 11.6 Å². The van der Waals surface area contributed by atoms with Gasteiger partial charge in [0.25, 0.3) is 5.69 Å². The standard InChI is InChI=1S/C24H20N6O3/c1-24(2)11-18-20(19(31)12-24)21(15-5-3-14(13-25)4-6-15)29-23(26-18)27-22(28-29)16-7-9-17(10-8-16)30(32)33/h3-10,21H,11-12H2,1-2H3,(H,26,27,28). The van der Waals surface area contributed by atoms with Gasteiger partial charge in [0.1, 0.15) is 6.04 Å². The summed E-state index contributed by atoms with van der Waals surface area (Å²) in [6, 6.07) is 14.8. The van der Waals surface area contributed by atoms with Gasteiger partial charge in [-0.2, -0.15) is 10.2 Å². The van der Waals surface area contributed by atoms with Gasteiger partial charge in [0, 0.05) is 35.4 Å². The highest BCUT2D eigenvalue weighted by Crippen LogP contribution is 2.45. The number of aromatic nitrogens is 3. The number of nitro benzene ring substituents is 1. The van der Waals surface area contributed by atoms with Crippen LogP contribution in [0.15, 0.2) is 59.8 Å². The number of fused-ring (bicyclic) bond motifs is 1. The minimum atomic E-state index is -0.480. The monoisotopic (exact) mass is 440 g/mol. The van der Waals surface area contributed by atoms with Crippen LogP contribution in [0.5, 0.6) is 0 Å². The van der Waals surface area contributed by atoms with Gasteiger partial charge in [-0.25, -0.2) is 4.68 Å². The predicted octanol–water partition coefficient (Wildman–Crippen LogP) is 4.38. The number of carbonyl (C=O) groups is 1. The molecular weight excluding hydrogens is 420 g/mol. The molecule has 1 aliphatic carbocycles. The van der Waals surface area contributed by atoms with Crippen molar-refractivity contribution >= 4 is 17.4 Å². The minimum absolute atomic E-state index is 0.0127. The van der Waals surface area contributed by atoms with Gasteiger partial charge in [-0.05, 0) is 41.7 Å². The van der Waals surface area contributed by atoms with E-state index in [0.29, 0.717) is 41.3 Å². The van der Waals surface area contributed by atoms with Crippen molar-refractivity contribution < 1.29 is 9.72 Å². The van der Waals surface area contributed by atoms with E-state index in [2.05, 4.69) is 35.3 Å². The van der Waals surface area contributed by atoms with Crippen LogP contribution in [0, 0.1) is 26.9 Å². The predicted molar refractivity (Wildman–Crippen MR) is 120 cm³/mol. The van der Waals surface area contributed by atoms with Crippen LogP contribution in [0.1, 0.15) is 43.9 Å². The van der Waals surface area contributed by atoms with Crippen LogP contribution in [0.25, 0.3) is 11.4 Å². The lowest BCUT2D eigenvalue weighted by atomic mass is 9.73. The van der Waals surface area contributed by atoms with E-state index in [9.17, 15) is 20.2 Å². The van der Waals surface area contributed by atoms with Crippen molar-refractivity contribution in [3.63, 3.8) is 0 Å². The second kappa shape index (κ2) is 7.38. The first-order chi connectivity index (χ1) is 15.8. The molecule has 164 valence electrons. The van der Waals surface area contributed by atoms with Gasteiger partial charge in [0.2, 0.25) is 5.95 Å². The number of nitrogens with zero attached hydrogens (tertiary/aromatic N) is 5. The smallest absolute Gasteiger partial charge is 0.269 e. The Balaban J connectivity index is 1.64. The summed E-state index contributed by atoms with van der Waals surface area (Å²) < 4.78 is 1.69. The molecule has 0 saturated carbocycles. The summed E-state index contributed by atoms with van der Waals surface area (Å²) in [5, 5.41) is 28.2. The number of ketones is 1. The Morgan fingerprint density at radius 1 is 1.15 bits per heavy atom. The van der Waals surface area contributed by atoms with Crippen molar-refractivity contribution in [2.45, 2.75) is 32.7 Å². The van der Waals surface area contributed by atoms with Crippen LogP contribution < -0.4 is 5.32 Å². The molecule has 33 heavy (non-hydrogen) atoms. The molecule has 9 nitrogen and oxygen atoms in total. The molecule has 2 heterocycles. The van der Waals surface area contributed by atoms with Gasteiger partial charge in [-0.1, -0.05) is 26.0 Å². The zero-order valence-electron chi connectivity index (χ0n) is 18.1. The minimum Gasteiger partial charge on any atom is -0.328 e. The molecule has 9 heteroatoms. The number of Topliss-reactive ketones (excluding diaryl/α,β-unsaturated/α-hetero) is 1. The number of rotatable bonds is 3. The number of carbonyl (C=O) groups excluding carboxylic acids is 1. The van der Waals surface area contributed by atoms with E-state index in [1.165, 1.54) is 12.1 Å². The third-order valence-electron chi connectivity index (χ3n) is 6.02. The van der Waals surface area contributed by atoms with Gasteiger partial charge in [0.05, 0.1) is 16.6 Å². The maximum absolute atomic E-state index is 13.3. The molecule has 0 fully saturated rings. The molecule has 1 N–H and O–H groups in total. The summed E-state index contributed by atoms with van der Waals surface area (Å²) in [6.45, 7) is 4.13. The molecule has 0 saturated heterocycles. The molecule has 1 aliphatic heterocycles. The third kappa shape index (κ3) is 3.55. The number of nitriles is 1. The van der Waals surface area contributed by atoms with Crippen LogP contribution in [0.2, 0.25) is 0 Å². The first-order valence-electron chi connectivity index (χ1n) is 10.5. The Kier molecular flexibility index (Phi) is 4.60. The number of non-ortho nitro benzene ring substituents is 1. The summed E-state index contributed by atoms with van der Waals surface area (Å²) >= 11 is 0. The van der Waals surface area contributed by atoms with E-state index in [1.54, 1.807) is 28.9 Å². The van der Waals surface area contributed by atoms with Gasteiger partial charge >= 0.3 is 0 Å². The van der Waals surface area contributed by atoms with Crippen LogP contribution >= 0.6 is 0 Å². The first-order valence-corrected chi connectivity index (χ1v) is 10.5. The number of hydrogen-bond donors (Lipinski definition) is 1. The zero-order chi connectivity index (χ0) is 23.3. The Labute approximate surface area is 189 Å². The highest BCUT2D eigenvalue weighted by Gasteiger charge is 2.41. The normalized spacial score (nSPS) is 18.7. The van der Waals surface area contributed by atoms with Crippen LogP contribution in [-0.4, -0.2) is 25.5 Å². The van der Waals surface area contributed by atoms with Gasteiger partial charge in [-0.3, -0.25) is 14.9 Å². The van der Waals surface area contributed by atoms with E-state index in [4.69, 9.17) is 0 Å². The molecular formula is C24H20N6O3. The van der Waals surface area contributed by atoms with Crippen molar-refractivity contribution in [2.75, 3.05) is 5.32 Å². The van der Waals surface area contributed by atoms with Gasteiger partial charge < -0.3 is 5.32 Å². The maximum Gasteiger partial charge on any atom is 0.269 e. The van der Waals surface area contributed by atoms with Crippen molar-refractivity contribution in [1.82, 2.24) is 14.8 Å². The lowest BCUT2D eigenvalue weighted by Crippen LogP contribution is -2.36. The number of hydrogen-bond acceptors (Lipinski definition) is 7. The number of allylic oxidation sites excluding steroid dienone is 2. The number of anilines is 1. The number of nitrogens with one attached hydrogen (secondary N) is 1. The Morgan fingerprint density at radius 3 is 2.48 bits per heavy atom. The van der Waals surface area contributed by atoms with E-state index in [-0.39, 0.29) is 16.9 Å². The summed E-state index contributed by atoms with van der Waals surface area (Å²) in [4.78, 5) is 28.4. The summed E-state index contributed by atoms with van der Waals surface area (Å²) in [5.41, 5.74) is 3.30. The molecule has 0 amide bonds. The fourth-order valence-corrected chi connectivity index (χ4v) is 4.51. The topological polar surface area (TPSA) is 127 Å². The van der Waals surface area contributed by atoms with Crippen molar-refractivity contribution in [3.05, 3.63) is 81.0 Å². The van der Waals surface area contributed by atoms with Crippen LogP contribution in [0.4, 0.5) is 11.6 Å². The molecule has 1 unspecified atom stereocenters. The lowest BCUT2D eigenvalue weighted by Gasteiger charge is -2.38. The largest absolute Gasteiger partial charge is 0.328 e. The van der Waals surface area contributed by atoms with E-state index in [0.717, 1.165) is 11.3 Å². The SMILES string of the molecule is CC1(C)CC(=O)C2=C(C1)Nc1nc(-c3ccc([N+](=O)[O-])cc3)nn1C2c1ccc(C#N)cc1. The second-order valence-electron chi connectivity index (χ2n) is 9.10. The highest BCUT2D eigenvalue weighted by molar-refractivity contribution is 6.00. The summed E-state index contributed by atoms with van der Waals surface area (Å²) in [6.07, 6.45) is 1.13. The highest BCUT2D eigenvalue weighted by atomic mass is 16.6. The second-order valence-corrected chi connectivity index (χ2v) is 9.10. The van der Waals surface area contributed by atoms with E-state index < -0.39 is 11.0 Å². The molecule has 5 rings (SSSR count). The third-order valence-corrected chi connectivity index (χ3v) is 6.02. The molecule has 0 radical (unpaired) electrons. The average molecular weight is 440 g/mol. The van der Waals surface area contributed by atoms with Crippen LogP contribution in [0.3, 0.4) is 0 Å². The fraction of sp³-hybridized carbons (Fsp3) is 0.250. The first kappa shape index (κ1) is 20.6. The molecule has 1 atom stereocenters. The zero-order valence-corrected chi connectivity index (χ0v) is 18.1. The van der Waals surface area contributed by atoms with Crippen molar-refractivity contribution in [3.8, 4) is 17.5 Å². The quantitative estimate of drug-likeness (QED) is 0.473. The molecule has 0 bridgehead atoms. The van der Waals surface area contributed by atoms with E-state index >= 15 is 0 Å². The Bertz CT molecular complexity index is 1360. The lowest BCUT2D eigenvalue weighted by molar-refractivity contribution is -0.384. The summed E-state index contributed by atoms with van der Waals surface area (Å²) in [7, 11) is 0. The molecule has 1 aromatic heterocycles. The fourth-order valence-electron chi connectivity index (χ4n) is 4.51. The number of benzene rings is 2. The number of nitro groups is 1. The molecule has 3 aromatic rings. The van der Waals surface area contributed by atoms with Crippen molar-refractivity contribution in [1.29, 1.82) is 5.26 Å². The Hall–Kier alpha value is -4.32. The molecule has 2 aliphatic rings. The van der Waals surface area contributed by atoms with Gasteiger partial charge in [-0.15, -0.1) is 5.10 Å². The van der Waals surface area contributed by atoms with Crippen molar-refractivity contribution in [2.24, 2.45) is 5.41 Å². The summed E-state index contributed by atoms with van der Waals surface area (Å²) in [5.74, 6) is 0.959. The molecule has 2 aromatic carbocycles. The Morgan fingerprint density at radius 2 is 1.85 bits per heavy atom. The van der Waals surface area contributed by atoms with E-state index in [1.807, 2.05) is 12.1 Å². The average Bonchev–Trinajstić information content (AvgIpc) is 3.20. The maximum atomic E-state index is 13.3.